The second-order valence-corrected chi connectivity index (χ2v) is 15.3. The molecule has 0 spiro atoms. The Kier molecular flexibility index (Phi) is 7.78. The molecule has 0 saturated heterocycles. The van der Waals surface area contributed by atoms with Gasteiger partial charge in [0.15, 0.2) is 0 Å². The molecule has 0 bridgehead atoms. The molecule has 0 aliphatic heterocycles. The van der Waals surface area contributed by atoms with E-state index in [-0.39, 0.29) is 0 Å². The number of benzene rings is 6. The molecule has 0 aliphatic rings. The second-order valence-electron chi connectivity index (χ2n) is 9.61. The molecule has 0 aliphatic carbocycles. The van der Waals surface area contributed by atoms with E-state index in [1.165, 1.54) is 37.4 Å². The SMILES string of the molecule is c1ccc(P(c2ccccc2)c2ccccc2C[P+](c2ccccc2)(c2ccccc2)c2ccccc2)cc1. The van der Waals surface area contributed by atoms with Crippen LogP contribution in [0.1, 0.15) is 5.56 Å². The Morgan fingerprint density at radius 2 is 0.692 bits per heavy atom. The van der Waals surface area contributed by atoms with E-state index in [0.29, 0.717) is 0 Å². The largest absolute Gasteiger partial charge is 0.116 e. The minimum atomic E-state index is -2.01. The predicted molar refractivity (Wildman–Crippen MR) is 174 cm³/mol. The number of rotatable bonds is 8. The third kappa shape index (κ3) is 5.24. The Hall–Kier alpha value is -3.82. The topological polar surface area (TPSA) is 0 Å². The molecule has 0 heterocycles. The summed E-state index contributed by atoms with van der Waals surface area (Å²) < 4.78 is 0. The lowest BCUT2D eigenvalue weighted by molar-refractivity contribution is 1.42. The zero-order chi connectivity index (χ0) is 26.3. The highest BCUT2D eigenvalue weighted by atomic mass is 31.2. The zero-order valence-electron chi connectivity index (χ0n) is 21.8. The fourth-order valence-corrected chi connectivity index (χ4v) is 12.3. The van der Waals surface area contributed by atoms with E-state index in [2.05, 4.69) is 176 Å². The molecule has 0 saturated carbocycles. The third-order valence-electron chi connectivity index (χ3n) is 7.26. The average Bonchev–Trinajstić information content (AvgIpc) is 3.03. The minimum Gasteiger partial charge on any atom is -0.0622 e. The summed E-state index contributed by atoms with van der Waals surface area (Å²) in [4.78, 5) is 0. The highest BCUT2D eigenvalue weighted by Gasteiger charge is 2.46. The predicted octanol–water partition coefficient (Wildman–Crippen LogP) is 6.94. The molecule has 6 aromatic carbocycles. The molecule has 0 radical (unpaired) electrons. The summed E-state index contributed by atoms with van der Waals surface area (Å²) in [5.74, 6) is 0. The van der Waals surface area contributed by atoms with Gasteiger partial charge < -0.3 is 0 Å². The van der Waals surface area contributed by atoms with Crippen molar-refractivity contribution >= 4 is 47.0 Å². The molecule has 0 aromatic heterocycles. The lowest BCUT2D eigenvalue weighted by Crippen LogP contribution is -2.34. The molecule has 39 heavy (non-hydrogen) atoms. The van der Waals surface area contributed by atoms with Crippen molar-refractivity contribution in [1.82, 2.24) is 0 Å². The zero-order valence-corrected chi connectivity index (χ0v) is 23.6. The van der Waals surface area contributed by atoms with E-state index >= 15 is 0 Å². The van der Waals surface area contributed by atoms with Crippen molar-refractivity contribution < 1.29 is 0 Å². The fourth-order valence-electron chi connectivity index (χ4n) is 5.47. The molecule has 0 amide bonds. The molecule has 0 nitrogen and oxygen atoms in total. The monoisotopic (exact) mass is 537 g/mol. The van der Waals surface area contributed by atoms with Crippen LogP contribution in [-0.2, 0) is 6.16 Å². The summed E-state index contributed by atoms with van der Waals surface area (Å²) in [6.45, 7) is 0. The first-order chi connectivity index (χ1) is 19.4. The lowest BCUT2D eigenvalue weighted by atomic mass is 10.2. The van der Waals surface area contributed by atoms with E-state index in [9.17, 15) is 0 Å². The van der Waals surface area contributed by atoms with Crippen LogP contribution < -0.4 is 31.8 Å². The average molecular weight is 538 g/mol. The van der Waals surface area contributed by atoms with Gasteiger partial charge in [0.25, 0.3) is 0 Å². The molecule has 0 atom stereocenters. The Labute approximate surface area is 234 Å². The van der Waals surface area contributed by atoms with Crippen LogP contribution in [0.4, 0.5) is 0 Å². The molecule has 2 heteroatoms. The summed E-state index contributed by atoms with van der Waals surface area (Å²) in [5, 5.41) is 8.46. The van der Waals surface area contributed by atoms with Crippen molar-refractivity contribution in [3.63, 3.8) is 0 Å². The van der Waals surface area contributed by atoms with Crippen molar-refractivity contribution in [2.75, 3.05) is 0 Å². The molecule has 6 rings (SSSR count). The molecular weight excluding hydrogens is 506 g/mol. The molecule has 0 N–H and O–H groups in total. The highest BCUT2D eigenvalue weighted by Crippen LogP contribution is 2.58. The fraction of sp³-hybridized carbons (Fsp3) is 0.0270. The summed E-state index contributed by atoms with van der Waals surface area (Å²) in [6, 6.07) is 64.9. The van der Waals surface area contributed by atoms with Crippen LogP contribution in [0.5, 0.6) is 0 Å². The first kappa shape index (κ1) is 25.5. The highest BCUT2D eigenvalue weighted by molar-refractivity contribution is 7.95. The number of hydrogen-bond acceptors (Lipinski definition) is 0. The van der Waals surface area contributed by atoms with Gasteiger partial charge in [0.2, 0.25) is 0 Å². The van der Waals surface area contributed by atoms with Gasteiger partial charge in [-0.05, 0) is 65.8 Å². The van der Waals surface area contributed by atoms with Gasteiger partial charge in [0, 0.05) is 0 Å². The molecule has 0 fully saturated rings. The van der Waals surface area contributed by atoms with Crippen LogP contribution in [0.25, 0.3) is 0 Å². The van der Waals surface area contributed by atoms with Gasteiger partial charge in [-0.1, -0.05) is 140 Å². The Balaban J connectivity index is 1.60. The van der Waals surface area contributed by atoms with Gasteiger partial charge in [-0.25, -0.2) is 0 Å². The van der Waals surface area contributed by atoms with E-state index in [0.717, 1.165) is 6.16 Å². The van der Waals surface area contributed by atoms with Crippen molar-refractivity contribution in [1.29, 1.82) is 0 Å². The van der Waals surface area contributed by atoms with Gasteiger partial charge in [-0.2, -0.15) is 0 Å². The van der Waals surface area contributed by atoms with Gasteiger partial charge in [0.05, 0.1) is 6.16 Å². The summed E-state index contributed by atoms with van der Waals surface area (Å²) in [5.41, 5.74) is 1.43. The third-order valence-corrected chi connectivity index (χ3v) is 14.2. The van der Waals surface area contributed by atoms with Crippen molar-refractivity contribution in [3.05, 3.63) is 181 Å². The Morgan fingerprint density at radius 1 is 0.359 bits per heavy atom. The van der Waals surface area contributed by atoms with Crippen LogP contribution in [0.2, 0.25) is 0 Å². The van der Waals surface area contributed by atoms with E-state index in [1.54, 1.807) is 0 Å². The van der Waals surface area contributed by atoms with Gasteiger partial charge in [-0.3, -0.25) is 0 Å². The van der Waals surface area contributed by atoms with E-state index in [1.807, 2.05) is 0 Å². The van der Waals surface area contributed by atoms with Crippen molar-refractivity contribution in [2.45, 2.75) is 6.16 Å². The van der Waals surface area contributed by atoms with Crippen LogP contribution in [0.3, 0.4) is 0 Å². The Morgan fingerprint density at radius 3 is 1.10 bits per heavy atom. The van der Waals surface area contributed by atoms with Crippen molar-refractivity contribution in [2.24, 2.45) is 0 Å². The lowest BCUT2D eigenvalue weighted by Gasteiger charge is -2.30. The van der Waals surface area contributed by atoms with Crippen LogP contribution in [0, 0.1) is 0 Å². The van der Waals surface area contributed by atoms with Crippen molar-refractivity contribution in [3.8, 4) is 0 Å². The van der Waals surface area contributed by atoms with E-state index in [4.69, 9.17) is 0 Å². The maximum Gasteiger partial charge on any atom is 0.116 e. The summed E-state index contributed by atoms with van der Waals surface area (Å²) >= 11 is 0. The van der Waals surface area contributed by atoms with Gasteiger partial charge in [-0.15, -0.1) is 0 Å². The molecular formula is C37H31P2+. The summed E-state index contributed by atoms with van der Waals surface area (Å²) in [7, 11) is -2.72. The van der Waals surface area contributed by atoms with Crippen LogP contribution in [-0.4, -0.2) is 0 Å². The summed E-state index contributed by atoms with van der Waals surface area (Å²) in [6.07, 6.45) is 0.972. The smallest absolute Gasteiger partial charge is 0.0622 e. The minimum absolute atomic E-state index is 0.709. The van der Waals surface area contributed by atoms with Crippen LogP contribution >= 0.6 is 15.2 Å². The maximum atomic E-state index is 2.38. The quantitative estimate of drug-likeness (QED) is 0.185. The molecule has 0 unspecified atom stereocenters. The Bertz CT molecular complexity index is 1460. The molecule has 188 valence electrons. The normalized spacial score (nSPS) is 11.4. The van der Waals surface area contributed by atoms with Gasteiger partial charge >= 0.3 is 0 Å². The second kappa shape index (κ2) is 11.9. The number of hydrogen-bond donors (Lipinski definition) is 0. The maximum absolute atomic E-state index is 2.38. The van der Waals surface area contributed by atoms with Crippen LogP contribution in [0.15, 0.2) is 176 Å². The standard InChI is InChI=1S/C37H31P2/c1-6-19-32(20-7-1)38(33-21-8-2-9-22-33)37-29-17-16-18-31(37)30-39(34-23-10-3-11-24-34,35-25-12-4-13-26-35)36-27-14-5-15-28-36/h1-29H,30H2/q+1. The van der Waals surface area contributed by atoms with E-state index < -0.39 is 15.2 Å². The first-order valence-corrected chi connectivity index (χ1v) is 16.7. The van der Waals surface area contributed by atoms with Gasteiger partial charge in [0.1, 0.15) is 23.2 Å². The molecule has 6 aromatic rings. The first-order valence-electron chi connectivity index (χ1n) is 13.4.